The van der Waals surface area contributed by atoms with E-state index in [-0.39, 0.29) is 11.3 Å². The molecule has 0 amide bonds. The first-order chi connectivity index (χ1) is 17.3. The Hall–Kier alpha value is 0.114. The van der Waals surface area contributed by atoms with Gasteiger partial charge in [-0.15, -0.1) is 0 Å². The van der Waals surface area contributed by atoms with Crippen LogP contribution in [0.25, 0.3) is 0 Å². The third-order valence-corrected chi connectivity index (χ3v) is 12.4. The van der Waals surface area contributed by atoms with E-state index < -0.39 is 17.6 Å². The predicted octanol–water partition coefficient (Wildman–Crippen LogP) is 5.74. The van der Waals surface area contributed by atoms with Gasteiger partial charge < -0.3 is 38.0 Å². The van der Waals surface area contributed by atoms with E-state index >= 15 is 0 Å². The van der Waals surface area contributed by atoms with Crippen molar-refractivity contribution in [3.63, 3.8) is 0 Å². The van der Waals surface area contributed by atoms with Crippen molar-refractivity contribution in [1.29, 1.82) is 0 Å². The Kier molecular flexibility index (Phi) is 27.0. The van der Waals surface area contributed by atoms with Crippen LogP contribution in [-0.4, -0.2) is 68.6 Å². The van der Waals surface area contributed by atoms with E-state index in [4.69, 9.17) is 38.0 Å². The molecule has 0 aromatic heterocycles. The summed E-state index contributed by atoms with van der Waals surface area (Å²) in [5.41, 5.74) is 12.1. The molecule has 220 valence electrons. The summed E-state index contributed by atoms with van der Waals surface area (Å²) in [6, 6.07) is 0. The predicted molar refractivity (Wildman–Crippen MR) is 155 cm³/mol. The molecule has 0 aromatic carbocycles. The van der Waals surface area contributed by atoms with Crippen LogP contribution >= 0.6 is 0 Å². The van der Waals surface area contributed by atoms with E-state index in [1.165, 1.54) is 44.9 Å². The van der Waals surface area contributed by atoms with E-state index in [1.54, 1.807) is 0 Å². The molecule has 0 rings (SSSR count). The summed E-state index contributed by atoms with van der Waals surface area (Å²) < 4.78 is 34.5. The van der Waals surface area contributed by atoms with Crippen LogP contribution in [0.4, 0.5) is 0 Å². The first kappa shape index (κ1) is 38.3. The first-order valence-corrected chi connectivity index (χ1v) is 18.3. The highest BCUT2D eigenvalue weighted by molar-refractivity contribution is 6.62. The number of unbranched alkanes of at least 4 members (excludes halogenated alkanes) is 7. The molecule has 0 aliphatic heterocycles. The largest absolute Gasteiger partial charge is 0.518 e. The van der Waals surface area contributed by atoms with Crippen molar-refractivity contribution in [2.24, 2.45) is 11.5 Å². The van der Waals surface area contributed by atoms with Crippen LogP contribution in [0, 0.1) is 0 Å². The number of hydrogen-bond acceptors (Lipinski definition) is 8. The molecule has 0 radical (unpaired) electrons. The van der Waals surface area contributed by atoms with Crippen molar-refractivity contribution in [2.45, 2.75) is 131 Å². The molecular formula is C26H62N2O6Si2. The fourth-order valence-corrected chi connectivity index (χ4v) is 9.28. The Morgan fingerprint density at radius 3 is 1.06 bits per heavy atom. The van der Waals surface area contributed by atoms with Crippen LogP contribution in [0.1, 0.15) is 120 Å². The minimum Gasteiger partial charge on any atom is -0.373 e. The minimum absolute atomic E-state index is 0.104. The number of nitrogens with two attached hydrogens (primary N) is 2. The highest BCUT2D eigenvalue weighted by atomic mass is 28.4. The molecule has 0 bridgehead atoms. The molecular weight excluding hydrogens is 492 g/mol. The monoisotopic (exact) mass is 554 g/mol. The van der Waals surface area contributed by atoms with Crippen molar-refractivity contribution in [3.8, 4) is 0 Å². The van der Waals surface area contributed by atoms with Gasteiger partial charge in [0.1, 0.15) is 0 Å². The number of hydrogen-bond donors (Lipinski definition) is 2. The highest BCUT2D eigenvalue weighted by Gasteiger charge is 2.47. The van der Waals surface area contributed by atoms with E-state index in [9.17, 15) is 0 Å². The molecule has 0 aromatic rings. The summed E-state index contributed by atoms with van der Waals surface area (Å²) in [7, 11) is -5.33. The zero-order valence-corrected chi connectivity index (χ0v) is 27.1. The van der Waals surface area contributed by atoms with Gasteiger partial charge in [0.05, 0.1) is 11.3 Å². The van der Waals surface area contributed by atoms with E-state index in [0.717, 1.165) is 19.3 Å². The third kappa shape index (κ3) is 16.2. The van der Waals surface area contributed by atoms with Crippen molar-refractivity contribution in [1.82, 2.24) is 0 Å². The molecule has 4 N–H and O–H groups in total. The maximum atomic E-state index is 6.38. The summed E-state index contributed by atoms with van der Waals surface area (Å²) in [4.78, 5) is 0. The van der Waals surface area contributed by atoms with Gasteiger partial charge in [0.25, 0.3) is 0 Å². The zero-order valence-electron chi connectivity index (χ0n) is 25.1. The summed E-state index contributed by atoms with van der Waals surface area (Å²) in [5.74, 6) is 0. The standard InChI is InChI=1S/C17H39NO3Si.C9H23NO3Si/c1-5-9-10-11-12-13-14-15-16-17(18)22(19-6-2,20-7-3)21-8-4;1-5-9(10)14(11-6-2,12-7-3)13-8-4/h17H,5-16,18H2,1-4H3;9H,5-8,10H2,1-4H3. The van der Waals surface area contributed by atoms with Gasteiger partial charge in [0.15, 0.2) is 0 Å². The first-order valence-electron chi connectivity index (χ1n) is 14.7. The van der Waals surface area contributed by atoms with Crippen LogP contribution in [-0.2, 0) is 26.6 Å². The Morgan fingerprint density at radius 2 is 0.750 bits per heavy atom. The normalized spacial score (nSPS) is 13.8. The molecule has 0 aliphatic carbocycles. The fourth-order valence-electron chi connectivity index (χ4n) is 4.02. The van der Waals surface area contributed by atoms with Crippen molar-refractivity contribution >= 4 is 17.6 Å². The number of rotatable bonds is 24. The minimum atomic E-state index is -2.71. The third-order valence-electron chi connectivity index (χ3n) is 5.79. The van der Waals surface area contributed by atoms with Gasteiger partial charge in [-0.25, -0.2) is 0 Å². The van der Waals surface area contributed by atoms with Crippen LogP contribution < -0.4 is 11.5 Å². The topological polar surface area (TPSA) is 107 Å². The summed E-state index contributed by atoms with van der Waals surface area (Å²) in [5, 5.41) is 0. The van der Waals surface area contributed by atoms with Gasteiger partial charge >= 0.3 is 17.6 Å². The summed E-state index contributed by atoms with van der Waals surface area (Å²) >= 11 is 0. The Morgan fingerprint density at radius 1 is 0.444 bits per heavy atom. The van der Waals surface area contributed by atoms with Gasteiger partial charge in [-0.2, -0.15) is 0 Å². The molecule has 0 fully saturated rings. The molecule has 36 heavy (non-hydrogen) atoms. The Labute approximate surface area is 226 Å². The van der Waals surface area contributed by atoms with E-state index in [0.29, 0.717) is 39.6 Å². The SMILES string of the molecule is CCCCCCCCCCC(N)[Si](OCC)(OCC)OCC.CCO[Si](OCC)(OCC)C(N)CC. The quantitative estimate of drug-likeness (QED) is 0.115. The smallest absolute Gasteiger partial charge is 0.373 e. The van der Waals surface area contributed by atoms with Gasteiger partial charge in [0.2, 0.25) is 0 Å². The molecule has 0 aliphatic rings. The average Bonchev–Trinajstić information content (AvgIpc) is 2.86. The molecule has 2 atom stereocenters. The lowest BCUT2D eigenvalue weighted by Crippen LogP contribution is -2.60. The molecule has 0 saturated carbocycles. The Bertz CT molecular complexity index is 432. The Balaban J connectivity index is 0. The highest BCUT2D eigenvalue weighted by Crippen LogP contribution is 2.19. The van der Waals surface area contributed by atoms with Crippen molar-refractivity contribution in [2.75, 3.05) is 39.6 Å². The van der Waals surface area contributed by atoms with Crippen molar-refractivity contribution < 1.29 is 26.6 Å². The average molecular weight is 555 g/mol. The van der Waals surface area contributed by atoms with Crippen LogP contribution in [0.5, 0.6) is 0 Å². The molecule has 0 saturated heterocycles. The maximum Gasteiger partial charge on any atom is 0.518 e. The lowest BCUT2D eigenvalue weighted by molar-refractivity contribution is 0.0606. The van der Waals surface area contributed by atoms with E-state index in [1.807, 2.05) is 48.5 Å². The lowest BCUT2D eigenvalue weighted by atomic mass is 10.1. The molecule has 10 heteroatoms. The molecule has 8 nitrogen and oxygen atoms in total. The van der Waals surface area contributed by atoms with Crippen molar-refractivity contribution in [3.05, 3.63) is 0 Å². The second-order valence-corrected chi connectivity index (χ2v) is 14.3. The van der Waals surface area contributed by atoms with Crippen LogP contribution in [0.15, 0.2) is 0 Å². The van der Waals surface area contributed by atoms with Crippen LogP contribution in [0.2, 0.25) is 0 Å². The molecule has 0 spiro atoms. The van der Waals surface area contributed by atoms with Gasteiger partial charge in [0, 0.05) is 39.6 Å². The van der Waals surface area contributed by atoms with Gasteiger partial charge in [-0.05, 0) is 54.4 Å². The lowest BCUT2D eigenvalue weighted by Gasteiger charge is -2.33. The summed E-state index contributed by atoms with van der Waals surface area (Å²) in [6.07, 6.45) is 12.2. The molecule has 2 unspecified atom stereocenters. The van der Waals surface area contributed by atoms with Gasteiger partial charge in [-0.3, -0.25) is 0 Å². The fraction of sp³-hybridized carbons (Fsp3) is 1.00. The summed E-state index contributed by atoms with van der Waals surface area (Å²) in [6.45, 7) is 19.5. The van der Waals surface area contributed by atoms with E-state index in [2.05, 4.69) is 6.92 Å². The van der Waals surface area contributed by atoms with Crippen LogP contribution in [0.3, 0.4) is 0 Å². The van der Waals surface area contributed by atoms with Gasteiger partial charge in [-0.1, -0.05) is 65.2 Å². The zero-order chi connectivity index (χ0) is 27.7. The second kappa shape index (κ2) is 25.4. The second-order valence-electron chi connectivity index (χ2n) is 8.69. The molecule has 0 heterocycles. The maximum absolute atomic E-state index is 6.38.